The first-order chi connectivity index (χ1) is 11.7. The Morgan fingerprint density at radius 2 is 2.00 bits per heavy atom. The van der Waals surface area contributed by atoms with Gasteiger partial charge in [-0.2, -0.15) is 0 Å². The van der Waals surface area contributed by atoms with Gasteiger partial charge in [0.25, 0.3) is 5.91 Å². The van der Waals surface area contributed by atoms with Crippen molar-refractivity contribution in [1.29, 1.82) is 0 Å². The maximum absolute atomic E-state index is 12.8. The zero-order valence-electron chi connectivity index (χ0n) is 13.3. The predicted octanol–water partition coefficient (Wildman–Crippen LogP) is 2.05. The lowest BCUT2D eigenvalue weighted by Crippen LogP contribution is -2.44. The van der Waals surface area contributed by atoms with Crippen molar-refractivity contribution in [3.05, 3.63) is 71.6 Å². The third-order valence-corrected chi connectivity index (χ3v) is 3.94. The number of anilines is 1. The lowest BCUT2D eigenvalue weighted by molar-refractivity contribution is -0.121. The van der Waals surface area contributed by atoms with Crippen LogP contribution in [0.1, 0.15) is 18.5 Å². The second kappa shape index (κ2) is 6.95. The summed E-state index contributed by atoms with van der Waals surface area (Å²) in [5.74, 6) is 0.192. The Hall–Kier alpha value is -3.15. The number of nitrogens with zero attached hydrogens (tertiary/aromatic N) is 2. The summed E-state index contributed by atoms with van der Waals surface area (Å²) < 4.78 is 0. The Morgan fingerprint density at radius 1 is 1.25 bits per heavy atom. The molecule has 0 aliphatic carbocycles. The van der Waals surface area contributed by atoms with Crippen LogP contribution in [0.15, 0.2) is 66.0 Å². The summed E-state index contributed by atoms with van der Waals surface area (Å²) >= 11 is 0. The molecule has 1 aromatic heterocycles. The second-order valence-electron chi connectivity index (χ2n) is 5.48. The molecule has 6 nitrogen and oxygen atoms in total. The standard InChI is InChI=1S/C18H18N4O2/c1-13-16(18(24)21-15-9-5-6-10-19-15)17(22(12-23)11-20-13)14-7-3-2-4-8-14/h2-10,12,17,20H,11H2,1H3,(H,19,21,24). The van der Waals surface area contributed by atoms with Gasteiger partial charge in [-0.1, -0.05) is 36.4 Å². The van der Waals surface area contributed by atoms with E-state index in [1.165, 1.54) is 0 Å². The van der Waals surface area contributed by atoms with Crippen molar-refractivity contribution >= 4 is 18.1 Å². The van der Waals surface area contributed by atoms with Crippen LogP contribution in [0.25, 0.3) is 0 Å². The Bertz CT molecular complexity index is 759. The van der Waals surface area contributed by atoms with Crippen LogP contribution < -0.4 is 10.6 Å². The summed E-state index contributed by atoms with van der Waals surface area (Å²) in [6.45, 7) is 2.20. The van der Waals surface area contributed by atoms with Gasteiger partial charge in [0, 0.05) is 11.9 Å². The summed E-state index contributed by atoms with van der Waals surface area (Å²) in [4.78, 5) is 30.0. The Kier molecular flexibility index (Phi) is 4.56. The number of allylic oxidation sites excluding steroid dienone is 1. The summed E-state index contributed by atoms with van der Waals surface area (Å²) in [5.41, 5.74) is 2.14. The molecule has 122 valence electrons. The van der Waals surface area contributed by atoms with Crippen LogP contribution in [-0.4, -0.2) is 28.9 Å². The molecule has 0 saturated carbocycles. The van der Waals surface area contributed by atoms with E-state index < -0.39 is 6.04 Å². The number of pyridine rings is 1. The van der Waals surface area contributed by atoms with Crippen LogP contribution in [0.4, 0.5) is 5.82 Å². The maximum atomic E-state index is 12.8. The number of aromatic nitrogens is 1. The van der Waals surface area contributed by atoms with Crippen molar-refractivity contribution in [2.75, 3.05) is 12.0 Å². The van der Waals surface area contributed by atoms with E-state index in [0.29, 0.717) is 18.1 Å². The normalized spacial score (nSPS) is 17.2. The largest absolute Gasteiger partial charge is 0.371 e. The number of carbonyl (C=O) groups excluding carboxylic acids is 2. The number of rotatable bonds is 4. The van der Waals surface area contributed by atoms with Gasteiger partial charge in [-0.15, -0.1) is 0 Å². The molecule has 0 fully saturated rings. The lowest BCUT2D eigenvalue weighted by Gasteiger charge is -2.36. The first-order valence-electron chi connectivity index (χ1n) is 7.63. The lowest BCUT2D eigenvalue weighted by atomic mass is 9.93. The van der Waals surface area contributed by atoms with Gasteiger partial charge in [-0.25, -0.2) is 4.98 Å². The van der Waals surface area contributed by atoms with Gasteiger partial charge < -0.3 is 15.5 Å². The molecule has 1 atom stereocenters. The van der Waals surface area contributed by atoms with Crippen molar-refractivity contribution in [2.24, 2.45) is 0 Å². The molecule has 0 radical (unpaired) electrons. The zero-order valence-corrected chi connectivity index (χ0v) is 13.3. The summed E-state index contributed by atoms with van der Waals surface area (Å²) in [5, 5.41) is 5.89. The first kappa shape index (κ1) is 15.7. The van der Waals surface area contributed by atoms with E-state index in [-0.39, 0.29) is 5.91 Å². The van der Waals surface area contributed by atoms with Crippen molar-refractivity contribution in [3.8, 4) is 0 Å². The fourth-order valence-electron chi connectivity index (χ4n) is 2.77. The minimum atomic E-state index is -0.436. The number of benzene rings is 1. The molecule has 0 bridgehead atoms. The molecule has 6 heteroatoms. The van der Waals surface area contributed by atoms with E-state index in [0.717, 1.165) is 17.7 Å². The smallest absolute Gasteiger partial charge is 0.256 e. The molecule has 0 spiro atoms. The van der Waals surface area contributed by atoms with Crippen LogP contribution in [0.2, 0.25) is 0 Å². The Balaban J connectivity index is 1.97. The van der Waals surface area contributed by atoms with E-state index in [4.69, 9.17) is 0 Å². The molecule has 1 aliphatic heterocycles. The van der Waals surface area contributed by atoms with E-state index >= 15 is 0 Å². The van der Waals surface area contributed by atoms with Crippen LogP contribution in [-0.2, 0) is 9.59 Å². The highest BCUT2D eigenvalue weighted by atomic mass is 16.2. The minimum absolute atomic E-state index is 0.279. The van der Waals surface area contributed by atoms with E-state index in [9.17, 15) is 9.59 Å². The molecule has 2 aromatic rings. The van der Waals surface area contributed by atoms with Gasteiger partial charge >= 0.3 is 0 Å². The number of hydrogen-bond acceptors (Lipinski definition) is 4. The van der Waals surface area contributed by atoms with E-state index in [1.54, 1.807) is 29.3 Å². The highest BCUT2D eigenvalue weighted by Gasteiger charge is 2.33. The third-order valence-electron chi connectivity index (χ3n) is 3.94. The van der Waals surface area contributed by atoms with Crippen molar-refractivity contribution in [1.82, 2.24) is 15.2 Å². The minimum Gasteiger partial charge on any atom is -0.371 e. The molecule has 2 heterocycles. The van der Waals surface area contributed by atoms with E-state index in [1.807, 2.05) is 37.3 Å². The molecule has 0 saturated heterocycles. The highest BCUT2D eigenvalue weighted by molar-refractivity contribution is 6.05. The Labute approximate surface area is 140 Å². The van der Waals surface area contributed by atoms with Crippen LogP contribution in [0, 0.1) is 0 Å². The molecule has 1 unspecified atom stereocenters. The summed E-state index contributed by atoms with van der Waals surface area (Å²) in [7, 11) is 0. The molecule has 24 heavy (non-hydrogen) atoms. The van der Waals surface area contributed by atoms with Crippen molar-refractivity contribution in [2.45, 2.75) is 13.0 Å². The molecule has 3 rings (SSSR count). The molecular formula is C18H18N4O2. The molecular weight excluding hydrogens is 304 g/mol. The molecule has 1 aromatic carbocycles. The average molecular weight is 322 g/mol. The zero-order chi connectivity index (χ0) is 16.9. The highest BCUT2D eigenvalue weighted by Crippen LogP contribution is 2.32. The van der Waals surface area contributed by atoms with Gasteiger partial charge in [0.2, 0.25) is 6.41 Å². The fourth-order valence-corrected chi connectivity index (χ4v) is 2.77. The van der Waals surface area contributed by atoms with E-state index in [2.05, 4.69) is 15.6 Å². The quantitative estimate of drug-likeness (QED) is 0.845. The SMILES string of the molecule is CC1=C(C(=O)Nc2ccccn2)C(c2ccccc2)N(C=O)CN1. The van der Waals surface area contributed by atoms with Crippen molar-refractivity contribution < 1.29 is 9.59 Å². The number of nitrogens with one attached hydrogen (secondary N) is 2. The average Bonchev–Trinajstić information content (AvgIpc) is 2.63. The Morgan fingerprint density at radius 3 is 2.67 bits per heavy atom. The van der Waals surface area contributed by atoms with Gasteiger partial charge in [0.05, 0.1) is 18.3 Å². The fraction of sp³-hybridized carbons (Fsp3) is 0.167. The monoisotopic (exact) mass is 322 g/mol. The number of amides is 2. The number of carbonyl (C=O) groups is 2. The maximum Gasteiger partial charge on any atom is 0.256 e. The third kappa shape index (κ3) is 3.12. The van der Waals surface area contributed by atoms with Gasteiger partial charge in [-0.3, -0.25) is 9.59 Å². The predicted molar refractivity (Wildman–Crippen MR) is 90.7 cm³/mol. The molecule has 2 N–H and O–H groups in total. The van der Waals surface area contributed by atoms with Crippen LogP contribution in [0.3, 0.4) is 0 Å². The van der Waals surface area contributed by atoms with Gasteiger partial charge in [0.1, 0.15) is 5.82 Å². The molecule has 1 aliphatic rings. The van der Waals surface area contributed by atoms with Gasteiger partial charge in [0.15, 0.2) is 0 Å². The summed E-state index contributed by atoms with van der Waals surface area (Å²) in [6.07, 6.45) is 2.37. The van der Waals surface area contributed by atoms with Crippen molar-refractivity contribution in [3.63, 3.8) is 0 Å². The molecule has 2 amide bonds. The summed E-state index contributed by atoms with van der Waals surface area (Å²) in [6, 6.07) is 14.4. The van der Waals surface area contributed by atoms with Gasteiger partial charge in [-0.05, 0) is 24.6 Å². The van der Waals surface area contributed by atoms with Crippen LogP contribution >= 0.6 is 0 Å². The second-order valence-corrected chi connectivity index (χ2v) is 5.48. The first-order valence-corrected chi connectivity index (χ1v) is 7.63. The van der Waals surface area contributed by atoms with Crippen LogP contribution in [0.5, 0.6) is 0 Å². The number of hydrogen-bond donors (Lipinski definition) is 2. The topological polar surface area (TPSA) is 74.3 Å².